The van der Waals surface area contributed by atoms with Gasteiger partial charge in [-0.25, -0.2) is 9.97 Å². The Labute approximate surface area is 205 Å². The van der Waals surface area contributed by atoms with E-state index in [1.807, 2.05) is 0 Å². The molecule has 32 heavy (non-hydrogen) atoms. The fourth-order valence-corrected chi connectivity index (χ4v) is 2.49. The minimum absolute atomic E-state index is 0. The van der Waals surface area contributed by atoms with Gasteiger partial charge in [0.1, 0.15) is 16.8 Å². The first-order valence-electron chi connectivity index (χ1n) is 9.64. The molecule has 0 saturated heterocycles. The number of nitrogens with one attached hydrogen (secondary N) is 2. The first kappa shape index (κ1) is 34.1. The molecule has 0 atom stereocenters. The number of nitrogens with zero attached hydrogens (tertiary/aromatic N) is 4. The van der Waals surface area contributed by atoms with E-state index in [-0.39, 0.29) is 40.1 Å². The Morgan fingerprint density at radius 2 is 1.47 bits per heavy atom. The number of unbranched alkanes of at least 4 members (excludes halogenated alkanes) is 2. The van der Waals surface area contributed by atoms with Crippen LogP contribution in [0.5, 0.6) is 0 Å². The van der Waals surface area contributed by atoms with E-state index in [1.54, 1.807) is 18.3 Å². The summed E-state index contributed by atoms with van der Waals surface area (Å²) in [6.45, 7) is 13.4. The number of halogens is 2. The van der Waals surface area contributed by atoms with E-state index < -0.39 is 0 Å². The van der Waals surface area contributed by atoms with Crippen LogP contribution < -0.4 is 22.1 Å². The molecule has 2 aromatic rings. The summed E-state index contributed by atoms with van der Waals surface area (Å²) < 4.78 is 0. The predicted molar refractivity (Wildman–Crippen MR) is 150 cm³/mol. The molecule has 8 nitrogen and oxygen atoms in total. The highest BCUT2D eigenvalue weighted by molar-refractivity contribution is 6.31. The predicted octanol–water partition coefficient (Wildman–Crippen LogP) is 4.09. The molecule has 182 valence electrons. The standard InChI is InChI=1S/C10H15ClN4.C10H16N4.CH4.BH4.ClH/c1-3-5-6-13-9-7(4-2)8(11)14-10(12)15-9;1-3-5-6-12-9-8(4-2)7-13-10(11)14-9;;;/h4H,2-3,5-6H2,1H3,(H3,12,13,14,15);4,7H,2-3,5-6H2,1H3,(H3,11,12,13,14);2*1H4;1H/q;;;-1;. The van der Waals surface area contributed by atoms with Crippen molar-refractivity contribution in [3.63, 3.8) is 0 Å². The summed E-state index contributed by atoms with van der Waals surface area (Å²) >= 11 is 5.91. The quantitative estimate of drug-likeness (QED) is 0.225. The Hall–Kier alpha value is -2.52. The monoisotopic (exact) mass is 485 g/mol. The van der Waals surface area contributed by atoms with Gasteiger partial charge < -0.3 is 22.1 Å². The van der Waals surface area contributed by atoms with Gasteiger partial charge in [0, 0.05) is 24.8 Å². The normalized spacial score (nSPS) is 8.97. The maximum Gasteiger partial charge on any atom is 0.223 e. The summed E-state index contributed by atoms with van der Waals surface area (Å²) in [7, 11) is 0. The molecule has 11 heteroatoms. The van der Waals surface area contributed by atoms with E-state index in [0.717, 1.165) is 50.2 Å². The van der Waals surface area contributed by atoms with Gasteiger partial charge in [0.25, 0.3) is 0 Å². The number of nitrogen functional groups attached to an aromatic ring is 2. The van der Waals surface area contributed by atoms with Crippen LogP contribution in [0.2, 0.25) is 5.15 Å². The van der Waals surface area contributed by atoms with E-state index in [1.165, 1.54) is 0 Å². The maximum atomic E-state index is 5.91. The zero-order chi connectivity index (χ0) is 21.6. The van der Waals surface area contributed by atoms with Crippen LogP contribution in [-0.4, -0.2) is 41.4 Å². The Kier molecular flexibility index (Phi) is 20.5. The average molecular weight is 486 g/mol. The van der Waals surface area contributed by atoms with Crippen LogP contribution in [-0.2, 0) is 0 Å². The highest BCUT2D eigenvalue weighted by Crippen LogP contribution is 2.22. The van der Waals surface area contributed by atoms with Crippen molar-refractivity contribution in [2.24, 2.45) is 0 Å². The van der Waals surface area contributed by atoms with Crippen LogP contribution in [0.3, 0.4) is 0 Å². The van der Waals surface area contributed by atoms with Gasteiger partial charge in [-0.2, -0.15) is 9.97 Å². The second kappa shape index (κ2) is 19.2. The van der Waals surface area contributed by atoms with Crippen LogP contribution in [0.15, 0.2) is 19.4 Å². The molecule has 2 aromatic heterocycles. The van der Waals surface area contributed by atoms with Gasteiger partial charge in [0.05, 0.1) is 5.56 Å². The molecular weight excluding hydrogens is 446 g/mol. The molecule has 0 bridgehead atoms. The number of hydrogen-bond acceptors (Lipinski definition) is 8. The fraction of sp³-hybridized carbons (Fsp3) is 0.429. The minimum atomic E-state index is 0. The molecule has 0 aromatic carbocycles. The molecule has 0 spiro atoms. The van der Waals surface area contributed by atoms with Gasteiger partial charge in [-0.05, 0) is 12.8 Å². The van der Waals surface area contributed by atoms with E-state index in [2.05, 4.69) is 57.6 Å². The molecule has 2 heterocycles. The summed E-state index contributed by atoms with van der Waals surface area (Å²) in [5, 5.41) is 6.69. The van der Waals surface area contributed by atoms with Crippen molar-refractivity contribution in [3.8, 4) is 0 Å². The van der Waals surface area contributed by atoms with E-state index in [9.17, 15) is 0 Å². The van der Waals surface area contributed by atoms with Crippen molar-refractivity contribution in [2.75, 3.05) is 35.2 Å². The van der Waals surface area contributed by atoms with Gasteiger partial charge in [0.15, 0.2) is 0 Å². The number of nitrogens with two attached hydrogens (primary N) is 2. The molecule has 0 aliphatic carbocycles. The van der Waals surface area contributed by atoms with Gasteiger partial charge in [-0.1, -0.05) is 79.4 Å². The number of hydrogen-bond donors (Lipinski definition) is 4. The third-order valence-corrected chi connectivity index (χ3v) is 4.11. The first-order valence-corrected chi connectivity index (χ1v) is 10.0. The van der Waals surface area contributed by atoms with Crippen LogP contribution in [0, 0.1) is 0 Å². The summed E-state index contributed by atoms with van der Waals surface area (Å²) in [4.78, 5) is 15.9. The Morgan fingerprint density at radius 3 is 1.97 bits per heavy atom. The highest BCUT2D eigenvalue weighted by Gasteiger charge is 2.08. The zero-order valence-electron chi connectivity index (χ0n) is 17.6. The van der Waals surface area contributed by atoms with E-state index in [0.29, 0.717) is 16.5 Å². The molecule has 0 unspecified atom stereocenters. The third kappa shape index (κ3) is 11.8. The topological polar surface area (TPSA) is 128 Å². The van der Waals surface area contributed by atoms with Crippen LogP contribution in [0.1, 0.15) is 58.1 Å². The smallest absolute Gasteiger partial charge is 0.223 e. The van der Waals surface area contributed by atoms with Gasteiger partial charge in [-0.15, -0.1) is 12.4 Å². The lowest BCUT2D eigenvalue weighted by molar-refractivity contribution is 0.830. The Morgan fingerprint density at radius 1 is 0.938 bits per heavy atom. The Balaban J connectivity index is -0.000000481. The lowest BCUT2D eigenvalue weighted by Crippen LogP contribution is -2.08. The maximum absolute atomic E-state index is 5.91. The van der Waals surface area contributed by atoms with E-state index >= 15 is 0 Å². The summed E-state index contributed by atoms with van der Waals surface area (Å²) in [6, 6.07) is 0. The second-order valence-corrected chi connectivity index (χ2v) is 6.49. The Bertz CT molecular complexity index is 806. The summed E-state index contributed by atoms with van der Waals surface area (Å²) in [5.74, 6) is 1.87. The number of anilines is 4. The molecule has 6 N–H and O–H groups in total. The molecule has 0 radical (unpaired) electrons. The lowest BCUT2D eigenvalue weighted by Gasteiger charge is -2.09. The van der Waals surface area contributed by atoms with Gasteiger partial charge >= 0.3 is 0 Å². The van der Waals surface area contributed by atoms with Crippen molar-refractivity contribution >= 4 is 68.1 Å². The zero-order valence-corrected chi connectivity index (χ0v) is 19.2. The molecule has 0 aliphatic rings. The van der Waals surface area contributed by atoms with Crippen LogP contribution in [0.4, 0.5) is 23.5 Å². The number of aromatic nitrogens is 4. The molecule has 0 amide bonds. The first-order chi connectivity index (χ1) is 14.0. The molecule has 0 fully saturated rings. The van der Waals surface area contributed by atoms with Crippen molar-refractivity contribution < 1.29 is 0 Å². The number of rotatable bonds is 10. The third-order valence-electron chi connectivity index (χ3n) is 3.82. The van der Waals surface area contributed by atoms with Crippen LogP contribution in [0.25, 0.3) is 12.2 Å². The summed E-state index contributed by atoms with van der Waals surface area (Å²) in [6.07, 6.45) is 9.45. The van der Waals surface area contributed by atoms with Crippen molar-refractivity contribution in [1.82, 2.24) is 19.9 Å². The van der Waals surface area contributed by atoms with Crippen molar-refractivity contribution in [3.05, 3.63) is 35.6 Å². The minimum Gasteiger partial charge on any atom is -0.369 e. The molecule has 0 aliphatic heterocycles. The molecule has 0 saturated carbocycles. The van der Waals surface area contributed by atoms with Crippen LogP contribution >= 0.6 is 24.0 Å². The fourth-order valence-electron chi connectivity index (χ4n) is 2.24. The van der Waals surface area contributed by atoms with Gasteiger partial charge in [-0.3, -0.25) is 0 Å². The molecular formula is C21H40BCl2N8-. The average Bonchev–Trinajstić information content (AvgIpc) is 2.69. The molecule has 2 rings (SSSR count). The van der Waals surface area contributed by atoms with Crippen molar-refractivity contribution in [2.45, 2.75) is 47.0 Å². The lowest BCUT2D eigenvalue weighted by atomic mass is 10.3. The van der Waals surface area contributed by atoms with E-state index in [4.69, 9.17) is 23.1 Å². The summed E-state index contributed by atoms with van der Waals surface area (Å²) in [5.41, 5.74) is 12.6. The highest BCUT2D eigenvalue weighted by atomic mass is 35.5. The SMILES string of the molecule is C.C=Cc1c(Cl)nc(N)nc1NCCCC.C=Cc1cnc(N)nc1NCCCC.Cl.[BH4-]. The second-order valence-electron chi connectivity index (χ2n) is 6.14. The van der Waals surface area contributed by atoms with Gasteiger partial charge in [0.2, 0.25) is 11.9 Å². The van der Waals surface area contributed by atoms with Crippen molar-refractivity contribution in [1.29, 1.82) is 0 Å². The largest absolute Gasteiger partial charge is 0.369 e.